The SMILES string of the molecule is N#Cc1cccc(COc2cc(F)cc(CCl)c2)c1F. The van der Waals surface area contributed by atoms with E-state index >= 15 is 0 Å². The summed E-state index contributed by atoms with van der Waals surface area (Å²) >= 11 is 5.63. The average Bonchev–Trinajstić information content (AvgIpc) is 2.45. The van der Waals surface area contributed by atoms with Crippen LogP contribution in [0.3, 0.4) is 0 Å². The van der Waals surface area contributed by atoms with Crippen LogP contribution in [0.15, 0.2) is 36.4 Å². The number of nitrogens with zero attached hydrogens (tertiary/aromatic N) is 1. The van der Waals surface area contributed by atoms with Crippen LogP contribution in [0.1, 0.15) is 16.7 Å². The summed E-state index contributed by atoms with van der Waals surface area (Å²) in [6.45, 7) is -0.0907. The normalized spacial score (nSPS) is 10.1. The van der Waals surface area contributed by atoms with Crippen LogP contribution in [0.4, 0.5) is 8.78 Å². The zero-order valence-electron chi connectivity index (χ0n) is 10.4. The first-order valence-corrected chi connectivity index (χ1v) is 6.33. The highest BCUT2D eigenvalue weighted by atomic mass is 35.5. The first kappa shape index (κ1) is 14.3. The standard InChI is InChI=1S/C15H10ClF2NO/c16-7-10-4-13(17)6-14(5-10)20-9-12-3-1-2-11(8-19)15(12)18/h1-6H,7,9H2. The minimum Gasteiger partial charge on any atom is -0.489 e. The lowest BCUT2D eigenvalue weighted by Gasteiger charge is -2.09. The Kier molecular flexibility index (Phi) is 4.54. The Balaban J connectivity index is 2.17. The molecule has 0 heterocycles. The number of hydrogen-bond donors (Lipinski definition) is 0. The van der Waals surface area contributed by atoms with Crippen LogP contribution in [0, 0.1) is 23.0 Å². The van der Waals surface area contributed by atoms with Crippen molar-refractivity contribution in [3.05, 3.63) is 64.7 Å². The first-order chi connectivity index (χ1) is 9.63. The minimum absolute atomic E-state index is 0.0493. The average molecular weight is 294 g/mol. The fourth-order valence-electron chi connectivity index (χ4n) is 1.72. The Hall–Kier alpha value is -2.12. The van der Waals surface area contributed by atoms with Gasteiger partial charge >= 0.3 is 0 Å². The van der Waals surface area contributed by atoms with Crippen molar-refractivity contribution in [2.75, 3.05) is 0 Å². The second-order valence-electron chi connectivity index (χ2n) is 4.11. The summed E-state index contributed by atoms with van der Waals surface area (Å²) in [4.78, 5) is 0. The molecule has 0 fully saturated rings. The second kappa shape index (κ2) is 6.36. The summed E-state index contributed by atoms with van der Waals surface area (Å²) in [5.41, 5.74) is 0.764. The van der Waals surface area contributed by atoms with Crippen molar-refractivity contribution in [3.63, 3.8) is 0 Å². The van der Waals surface area contributed by atoms with Gasteiger partial charge in [-0.05, 0) is 23.8 Å². The molecule has 0 aliphatic heterocycles. The van der Waals surface area contributed by atoms with Gasteiger partial charge in [0.05, 0.1) is 5.56 Å². The number of nitriles is 1. The van der Waals surface area contributed by atoms with E-state index in [-0.39, 0.29) is 29.4 Å². The van der Waals surface area contributed by atoms with E-state index in [9.17, 15) is 8.78 Å². The lowest BCUT2D eigenvalue weighted by Crippen LogP contribution is -2.01. The molecule has 0 radical (unpaired) electrons. The summed E-state index contributed by atoms with van der Waals surface area (Å²) in [5, 5.41) is 8.74. The molecule has 0 N–H and O–H groups in total. The first-order valence-electron chi connectivity index (χ1n) is 5.79. The highest BCUT2D eigenvalue weighted by molar-refractivity contribution is 6.17. The largest absolute Gasteiger partial charge is 0.489 e. The molecule has 102 valence electrons. The third-order valence-electron chi connectivity index (χ3n) is 2.68. The lowest BCUT2D eigenvalue weighted by molar-refractivity contribution is 0.298. The molecule has 0 bridgehead atoms. The highest BCUT2D eigenvalue weighted by Gasteiger charge is 2.09. The van der Waals surface area contributed by atoms with E-state index in [1.807, 2.05) is 0 Å². The second-order valence-corrected chi connectivity index (χ2v) is 4.38. The van der Waals surface area contributed by atoms with Gasteiger partial charge in [0.25, 0.3) is 0 Å². The molecule has 0 saturated carbocycles. The van der Waals surface area contributed by atoms with Gasteiger partial charge in [-0.2, -0.15) is 5.26 Å². The predicted molar refractivity (Wildman–Crippen MR) is 71.4 cm³/mol. The maximum Gasteiger partial charge on any atom is 0.147 e. The summed E-state index contributed by atoms with van der Waals surface area (Å²) < 4.78 is 32.4. The van der Waals surface area contributed by atoms with E-state index in [0.717, 1.165) is 0 Å². The molecule has 0 aromatic heterocycles. The van der Waals surface area contributed by atoms with Gasteiger partial charge in [0.15, 0.2) is 0 Å². The van der Waals surface area contributed by atoms with Crippen molar-refractivity contribution in [2.45, 2.75) is 12.5 Å². The molecule has 0 aliphatic rings. The van der Waals surface area contributed by atoms with Crippen LogP contribution in [0.25, 0.3) is 0 Å². The molecule has 20 heavy (non-hydrogen) atoms. The molecule has 0 saturated heterocycles. The fourth-order valence-corrected chi connectivity index (χ4v) is 1.87. The van der Waals surface area contributed by atoms with Crippen LogP contribution in [-0.4, -0.2) is 0 Å². The zero-order valence-corrected chi connectivity index (χ0v) is 11.1. The van der Waals surface area contributed by atoms with E-state index in [1.165, 1.54) is 24.3 Å². The number of ether oxygens (including phenoxy) is 1. The van der Waals surface area contributed by atoms with Crippen molar-refractivity contribution < 1.29 is 13.5 Å². The topological polar surface area (TPSA) is 33.0 Å². The van der Waals surface area contributed by atoms with Gasteiger partial charge in [0, 0.05) is 17.5 Å². The predicted octanol–water partition coefficient (Wildman–Crippen LogP) is 4.15. The summed E-state index contributed by atoms with van der Waals surface area (Å²) in [7, 11) is 0. The summed E-state index contributed by atoms with van der Waals surface area (Å²) in [6.07, 6.45) is 0. The van der Waals surface area contributed by atoms with Gasteiger partial charge in [-0.15, -0.1) is 11.6 Å². The molecular formula is C15H10ClF2NO. The van der Waals surface area contributed by atoms with E-state index < -0.39 is 11.6 Å². The van der Waals surface area contributed by atoms with Gasteiger partial charge < -0.3 is 4.74 Å². The molecule has 0 unspecified atom stereocenters. The van der Waals surface area contributed by atoms with Crippen LogP contribution in [0.2, 0.25) is 0 Å². The van der Waals surface area contributed by atoms with Gasteiger partial charge in [-0.1, -0.05) is 12.1 Å². The minimum atomic E-state index is -0.621. The Bertz CT molecular complexity index is 667. The molecular weight excluding hydrogens is 284 g/mol. The quantitative estimate of drug-likeness (QED) is 0.793. The molecule has 2 aromatic rings. The third kappa shape index (κ3) is 3.25. The summed E-state index contributed by atoms with van der Waals surface area (Å²) in [6, 6.07) is 10.3. The Morgan fingerprint density at radius 2 is 2.00 bits per heavy atom. The van der Waals surface area contributed by atoms with Crippen molar-refractivity contribution in [1.29, 1.82) is 5.26 Å². The Morgan fingerprint density at radius 1 is 1.20 bits per heavy atom. The molecule has 2 aromatic carbocycles. The van der Waals surface area contributed by atoms with Gasteiger partial charge in [-0.25, -0.2) is 8.78 Å². The van der Waals surface area contributed by atoms with Crippen molar-refractivity contribution in [1.82, 2.24) is 0 Å². The number of halogens is 3. The third-order valence-corrected chi connectivity index (χ3v) is 2.99. The smallest absolute Gasteiger partial charge is 0.147 e. The molecule has 2 nitrogen and oxygen atoms in total. The lowest BCUT2D eigenvalue weighted by atomic mass is 10.1. The molecule has 0 aliphatic carbocycles. The monoisotopic (exact) mass is 293 g/mol. The number of alkyl halides is 1. The maximum absolute atomic E-state index is 13.8. The number of hydrogen-bond acceptors (Lipinski definition) is 2. The van der Waals surface area contributed by atoms with Gasteiger partial charge in [-0.3, -0.25) is 0 Å². The van der Waals surface area contributed by atoms with Crippen molar-refractivity contribution in [3.8, 4) is 11.8 Å². The molecule has 5 heteroatoms. The van der Waals surface area contributed by atoms with Crippen LogP contribution < -0.4 is 4.74 Å². The summed E-state index contributed by atoms with van der Waals surface area (Å²) in [5.74, 6) is -0.664. The van der Waals surface area contributed by atoms with Crippen LogP contribution in [0.5, 0.6) is 5.75 Å². The van der Waals surface area contributed by atoms with Crippen LogP contribution >= 0.6 is 11.6 Å². The van der Waals surface area contributed by atoms with E-state index in [4.69, 9.17) is 21.6 Å². The fraction of sp³-hybridized carbons (Fsp3) is 0.133. The van der Waals surface area contributed by atoms with E-state index in [1.54, 1.807) is 18.2 Å². The van der Waals surface area contributed by atoms with Gasteiger partial charge in [0.2, 0.25) is 0 Å². The van der Waals surface area contributed by atoms with Crippen molar-refractivity contribution >= 4 is 11.6 Å². The zero-order chi connectivity index (χ0) is 14.5. The van der Waals surface area contributed by atoms with Crippen molar-refractivity contribution in [2.24, 2.45) is 0 Å². The Morgan fingerprint density at radius 3 is 2.70 bits per heavy atom. The van der Waals surface area contributed by atoms with E-state index in [0.29, 0.717) is 5.56 Å². The Labute approximate surface area is 120 Å². The van der Waals surface area contributed by atoms with Crippen LogP contribution in [-0.2, 0) is 12.5 Å². The highest BCUT2D eigenvalue weighted by Crippen LogP contribution is 2.20. The number of benzene rings is 2. The van der Waals surface area contributed by atoms with Gasteiger partial charge in [0.1, 0.15) is 30.1 Å². The molecule has 0 atom stereocenters. The van der Waals surface area contributed by atoms with E-state index in [2.05, 4.69) is 0 Å². The molecule has 2 rings (SSSR count). The molecule has 0 spiro atoms. The molecule has 0 amide bonds. The maximum atomic E-state index is 13.8. The number of rotatable bonds is 4.